The van der Waals surface area contributed by atoms with Gasteiger partial charge < -0.3 is 14.8 Å². The predicted molar refractivity (Wildman–Crippen MR) is 89.2 cm³/mol. The van der Waals surface area contributed by atoms with Crippen molar-refractivity contribution in [3.8, 4) is 5.88 Å². The number of nitrogens with zero attached hydrogens (tertiary/aromatic N) is 3. The summed E-state index contributed by atoms with van der Waals surface area (Å²) in [6.45, 7) is 3.50. The molecule has 3 rings (SSSR count). The predicted octanol–water partition coefficient (Wildman–Crippen LogP) is 2.13. The molecule has 1 saturated heterocycles. The molecule has 0 aromatic carbocycles. The zero-order chi connectivity index (χ0) is 16.9. The van der Waals surface area contributed by atoms with E-state index in [1.54, 1.807) is 31.6 Å². The van der Waals surface area contributed by atoms with Crippen LogP contribution in [0.25, 0.3) is 0 Å². The van der Waals surface area contributed by atoms with Crippen LogP contribution in [0.15, 0.2) is 24.5 Å². The maximum Gasteiger partial charge on any atom is 0.228 e. The summed E-state index contributed by atoms with van der Waals surface area (Å²) in [6.07, 6.45) is 5.52. The molecule has 0 aliphatic carbocycles. The highest BCUT2D eigenvalue weighted by molar-refractivity contribution is 5.92. The van der Waals surface area contributed by atoms with Gasteiger partial charge in [-0.25, -0.2) is 4.98 Å². The third-order valence-electron chi connectivity index (χ3n) is 4.23. The molecule has 1 fully saturated rings. The van der Waals surface area contributed by atoms with E-state index in [4.69, 9.17) is 9.47 Å². The van der Waals surface area contributed by atoms with Crippen LogP contribution >= 0.6 is 0 Å². The molecule has 0 radical (unpaired) electrons. The number of amides is 1. The maximum atomic E-state index is 12.3. The molecule has 0 bridgehead atoms. The summed E-state index contributed by atoms with van der Waals surface area (Å²) in [4.78, 5) is 16.3. The molecule has 128 valence electrons. The minimum absolute atomic E-state index is 0.0853. The molecule has 1 N–H and O–H groups in total. The lowest BCUT2D eigenvalue weighted by atomic mass is 10.1. The lowest BCUT2D eigenvalue weighted by molar-refractivity contribution is -0.115. The Morgan fingerprint density at radius 2 is 2.25 bits per heavy atom. The van der Waals surface area contributed by atoms with Crippen LogP contribution in [-0.2, 0) is 16.0 Å². The van der Waals surface area contributed by atoms with Gasteiger partial charge in [-0.15, -0.1) is 0 Å². The fraction of sp³-hybridized carbons (Fsp3) is 0.471. The quantitative estimate of drug-likeness (QED) is 0.908. The maximum absolute atomic E-state index is 12.3. The monoisotopic (exact) mass is 330 g/mol. The lowest BCUT2D eigenvalue weighted by Gasteiger charge is -2.23. The average Bonchev–Trinajstić information content (AvgIpc) is 2.96. The van der Waals surface area contributed by atoms with Crippen LogP contribution in [0.5, 0.6) is 5.88 Å². The number of anilines is 1. The molecule has 0 unspecified atom stereocenters. The first-order valence-corrected chi connectivity index (χ1v) is 8.08. The number of aromatic nitrogens is 3. The van der Waals surface area contributed by atoms with Gasteiger partial charge in [0.25, 0.3) is 0 Å². The highest BCUT2D eigenvalue weighted by atomic mass is 16.5. The largest absolute Gasteiger partial charge is 0.481 e. The van der Waals surface area contributed by atoms with Gasteiger partial charge in [0.2, 0.25) is 11.8 Å². The number of pyridine rings is 1. The molecule has 3 heterocycles. The summed E-state index contributed by atoms with van der Waals surface area (Å²) >= 11 is 0. The van der Waals surface area contributed by atoms with E-state index in [9.17, 15) is 4.79 Å². The van der Waals surface area contributed by atoms with Gasteiger partial charge in [0, 0.05) is 25.5 Å². The molecular weight excluding hydrogens is 308 g/mol. The Bertz CT molecular complexity index is 708. The van der Waals surface area contributed by atoms with Gasteiger partial charge in [0.15, 0.2) is 0 Å². The van der Waals surface area contributed by atoms with Crippen molar-refractivity contribution in [2.75, 3.05) is 25.6 Å². The van der Waals surface area contributed by atoms with Gasteiger partial charge in [0.1, 0.15) is 0 Å². The number of hydrogen-bond donors (Lipinski definition) is 1. The van der Waals surface area contributed by atoms with Gasteiger partial charge in [-0.1, -0.05) is 0 Å². The molecule has 0 saturated carbocycles. The zero-order valence-electron chi connectivity index (χ0n) is 14.0. The minimum atomic E-state index is -0.0853. The number of carbonyl (C=O) groups excluding carboxylic acids is 1. The van der Waals surface area contributed by atoms with Gasteiger partial charge in [-0.3, -0.25) is 9.48 Å². The summed E-state index contributed by atoms with van der Waals surface area (Å²) in [7, 11) is 1.56. The van der Waals surface area contributed by atoms with E-state index >= 15 is 0 Å². The molecule has 24 heavy (non-hydrogen) atoms. The molecule has 7 nitrogen and oxygen atoms in total. The smallest absolute Gasteiger partial charge is 0.228 e. The van der Waals surface area contributed by atoms with Gasteiger partial charge in [-0.2, -0.15) is 5.10 Å². The molecule has 0 spiro atoms. The number of rotatable bonds is 5. The van der Waals surface area contributed by atoms with Crippen molar-refractivity contribution in [3.63, 3.8) is 0 Å². The van der Waals surface area contributed by atoms with Gasteiger partial charge in [-0.05, 0) is 31.4 Å². The van der Waals surface area contributed by atoms with Crippen molar-refractivity contribution in [1.29, 1.82) is 0 Å². The van der Waals surface area contributed by atoms with E-state index in [2.05, 4.69) is 15.4 Å². The Hall–Kier alpha value is -2.41. The molecule has 0 atom stereocenters. The first kappa shape index (κ1) is 16.4. The van der Waals surface area contributed by atoms with Crippen LogP contribution in [0.4, 0.5) is 5.69 Å². The molecular formula is C17H22N4O3. The van der Waals surface area contributed by atoms with Gasteiger partial charge in [0.05, 0.1) is 37.2 Å². The van der Waals surface area contributed by atoms with Crippen molar-refractivity contribution in [3.05, 3.63) is 35.8 Å². The molecule has 1 aliphatic rings. The fourth-order valence-electron chi connectivity index (χ4n) is 2.90. The minimum Gasteiger partial charge on any atom is -0.481 e. The number of hydrogen-bond acceptors (Lipinski definition) is 5. The number of ether oxygens (including phenoxy) is 2. The van der Waals surface area contributed by atoms with E-state index in [1.165, 1.54) is 0 Å². The van der Waals surface area contributed by atoms with Crippen LogP contribution in [0, 0.1) is 6.92 Å². The molecule has 2 aromatic rings. The third-order valence-corrected chi connectivity index (χ3v) is 4.23. The number of methoxy groups -OCH3 is 1. The van der Waals surface area contributed by atoms with Crippen LogP contribution < -0.4 is 10.1 Å². The summed E-state index contributed by atoms with van der Waals surface area (Å²) in [5, 5.41) is 7.38. The van der Waals surface area contributed by atoms with Crippen molar-refractivity contribution in [1.82, 2.24) is 14.8 Å². The molecule has 2 aromatic heterocycles. The summed E-state index contributed by atoms with van der Waals surface area (Å²) < 4.78 is 12.5. The Morgan fingerprint density at radius 1 is 1.46 bits per heavy atom. The topological polar surface area (TPSA) is 78.3 Å². The van der Waals surface area contributed by atoms with Crippen LogP contribution in [0.3, 0.4) is 0 Å². The van der Waals surface area contributed by atoms with E-state index in [0.717, 1.165) is 43.0 Å². The Kier molecular flexibility index (Phi) is 5.10. The first-order chi connectivity index (χ1) is 11.7. The summed E-state index contributed by atoms with van der Waals surface area (Å²) in [5.74, 6) is 0.418. The standard InChI is InChI=1S/C17H22N4O3/c1-12-15(11-19-21(12)14-4-7-24-8-5-14)20-16(22)9-13-3-6-18-17(10-13)23-2/h3,6,10-11,14H,4-5,7-9H2,1-2H3,(H,20,22). The Morgan fingerprint density at radius 3 is 3.00 bits per heavy atom. The Balaban J connectivity index is 1.65. The first-order valence-electron chi connectivity index (χ1n) is 8.08. The average molecular weight is 330 g/mol. The number of carbonyl (C=O) groups is 1. The van der Waals surface area contributed by atoms with Crippen LogP contribution in [-0.4, -0.2) is 41.0 Å². The Labute approximate surface area is 141 Å². The molecule has 1 aliphatic heterocycles. The second-order valence-corrected chi connectivity index (χ2v) is 5.86. The summed E-state index contributed by atoms with van der Waals surface area (Å²) in [5.41, 5.74) is 2.59. The highest BCUT2D eigenvalue weighted by Crippen LogP contribution is 2.25. The molecule has 7 heteroatoms. The summed E-state index contributed by atoms with van der Waals surface area (Å²) in [6, 6.07) is 3.91. The van der Waals surface area contributed by atoms with Crippen molar-refractivity contribution < 1.29 is 14.3 Å². The van der Waals surface area contributed by atoms with E-state index in [-0.39, 0.29) is 12.3 Å². The zero-order valence-corrected chi connectivity index (χ0v) is 14.0. The van der Waals surface area contributed by atoms with Crippen molar-refractivity contribution >= 4 is 11.6 Å². The van der Waals surface area contributed by atoms with Crippen LogP contribution in [0.1, 0.15) is 30.1 Å². The normalized spacial score (nSPS) is 15.2. The second-order valence-electron chi connectivity index (χ2n) is 5.86. The van der Waals surface area contributed by atoms with Crippen molar-refractivity contribution in [2.24, 2.45) is 0 Å². The van der Waals surface area contributed by atoms with E-state index in [0.29, 0.717) is 11.9 Å². The second kappa shape index (κ2) is 7.44. The van der Waals surface area contributed by atoms with Gasteiger partial charge >= 0.3 is 0 Å². The SMILES string of the molecule is COc1cc(CC(=O)Nc2cnn(C3CCOCC3)c2C)ccn1. The van der Waals surface area contributed by atoms with Crippen molar-refractivity contribution in [2.45, 2.75) is 32.2 Å². The van der Waals surface area contributed by atoms with E-state index < -0.39 is 0 Å². The number of nitrogens with one attached hydrogen (secondary N) is 1. The highest BCUT2D eigenvalue weighted by Gasteiger charge is 2.20. The van der Waals surface area contributed by atoms with Crippen LogP contribution in [0.2, 0.25) is 0 Å². The fourth-order valence-corrected chi connectivity index (χ4v) is 2.90. The third kappa shape index (κ3) is 3.73. The lowest BCUT2D eigenvalue weighted by Crippen LogP contribution is -2.21. The molecule has 1 amide bonds. The van der Waals surface area contributed by atoms with E-state index in [1.807, 2.05) is 11.6 Å².